The third-order valence-corrected chi connectivity index (χ3v) is 4.41. The molecule has 10 heteroatoms. The van der Waals surface area contributed by atoms with Crippen LogP contribution >= 0.6 is 24.0 Å². The minimum Gasteiger partial charge on any atom is -0.364 e. The lowest BCUT2D eigenvalue weighted by Crippen LogP contribution is -2.52. The van der Waals surface area contributed by atoms with Crippen molar-refractivity contribution in [3.8, 4) is 0 Å². The highest BCUT2D eigenvalue weighted by Crippen LogP contribution is 2.07. The van der Waals surface area contributed by atoms with Crippen LogP contribution in [0.1, 0.15) is 18.4 Å². The fraction of sp³-hybridized carbons (Fsp3) is 0.625. The van der Waals surface area contributed by atoms with E-state index in [2.05, 4.69) is 47.0 Å². The summed E-state index contributed by atoms with van der Waals surface area (Å²) in [5.41, 5.74) is 0.983. The molecule has 1 aliphatic rings. The van der Waals surface area contributed by atoms with Crippen LogP contribution in [0.25, 0.3) is 0 Å². The first-order chi connectivity index (χ1) is 12.3. The summed E-state index contributed by atoms with van der Waals surface area (Å²) in [6.07, 6.45) is 4.30. The monoisotopic (exact) mass is 474 g/mol. The zero-order valence-electron chi connectivity index (χ0n) is 15.3. The standard InChI is InChI=1S/C16H26N8O.HI/c1-3-15-20-19-13-24(15)6-5-18-16(17-2)23-9-7-22(8-10-23)12-14-4-11-25-21-14;/h4,11,13H,3,5-10,12H2,1-2H3,(H,17,18);1H. The minimum atomic E-state index is 0. The molecule has 2 aromatic heterocycles. The van der Waals surface area contributed by atoms with Crippen molar-refractivity contribution in [2.24, 2.45) is 4.99 Å². The predicted octanol–water partition coefficient (Wildman–Crippen LogP) is 0.840. The average molecular weight is 474 g/mol. The molecule has 0 radical (unpaired) electrons. The smallest absolute Gasteiger partial charge is 0.193 e. The maximum atomic E-state index is 4.90. The van der Waals surface area contributed by atoms with E-state index in [1.807, 2.05) is 13.1 Å². The molecule has 0 amide bonds. The van der Waals surface area contributed by atoms with Gasteiger partial charge in [-0.2, -0.15) is 0 Å². The molecule has 1 fully saturated rings. The second kappa shape index (κ2) is 10.5. The molecular formula is C16H27IN8O. The molecule has 3 heterocycles. The first-order valence-corrected chi connectivity index (χ1v) is 8.74. The molecule has 0 atom stereocenters. The number of piperazine rings is 1. The molecule has 0 unspecified atom stereocenters. The van der Waals surface area contributed by atoms with Gasteiger partial charge in [0.1, 0.15) is 18.4 Å². The summed E-state index contributed by atoms with van der Waals surface area (Å²) in [5, 5.41) is 15.5. The van der Waals surface area contributed by atoms with Crippen molar-refractivity contribution in [1.82, 2.24) is 35.0 Å². The Morgan fingerprint density at radius 1 is 1.31 bits per heavy atom. The van der Waals surface area contributed by atoms with Crippen LogP contribution in [-0.2, 0) is 19.5 Å². The second-order valence-corrected chi connectivity index (χ2v) is 6.02. The van der Waals surface area contributed by atoms with Gasteiger partial charge < -0.3 is 19.3 Å². The summed E-state index contributed by atoms with van der Waals surface area (Å²) < 4.78 is 6.98. The summed E-state index contributed by atoms with van der Waals surface area (Å²) in [6.45, 7) is 8.43. The van der Waals surface area contributed by atoms with Crippen molar-refractivity contribution in [2.45, 2.75) is 26.4 Å². The van der Waals surface area contributed by atoms with Crippen molar-refractivity contribution in [3.63, 3.8) is 0 Å². The molecular weight excluding hydrogens is 447 g/mol. The van der Waals surface area contributed by atoms with Gasteiger partial charge in [0.25, 0.3) is 0 Å². The number of hydrogen-bond acceptors (Lipinski definition) is 6. The largest absolute Gasteiger partial charge is 0.364 e. The van der Waals surface area contributed by atoms with Gasteiger partial charge in [-0.3, -0.25) is 9.89 Å². The molecule has 1 aliphatic heterocycles. The first-order valence-electron chi connectivity index (χ1n) is 8.74. The van der Waals surface area contributed by atoms with E-state index in [0.717, 1.165) is 69.7 Å². The second-order valence-electron chi connectivity index (χ2n) is 6.02. The number of halogens is 1. The lowest BCUT2D eigenvalue weighted by molar-refractivity contribution is 0.169. The molecule has 0 aromatic carbocycles. The van der Waals surface area contributed by atoms with Crippen molar-refractivity contribution in [3.05, 3.63) is 30.2 Å². The molecule has 26 heavy (non-hydrogen) atoms. The lowest BCUT2D eigenvalue weighted by Gasteiger charge is -2.36. The van der Waals surface area contributed by atoms with Crippen LogP contribution in [0.5, 0.6) is 0 Å². The highest BCUT2D eigenvalue weighted by Gasteiger charge is 2.20. The maximum absolute atomic E-state index is 4.90. The van der Waals surface area contributed by atoms with Crippen LogP contribution in [0.15, 0.2) is 28.2 Å². The molecule has 0 spiro atoms. The zero-order valence-corrected chi connectivity index (χ0v) is 17.7. The highest BCUT2D eigenvalue weighted by atomic mass is 127. The normalized spacial score (nSPS) is 15.8. The molecule has 3 rings (SSSR count). The van der Waals surface area contributed by atoms with Crippen LogP contribution in [0.2, 0.25) is 0 Å². The van der Waals surface area contributed by atoms with E-state index < -0.39 is 0 Å². The van der Waals surface area contributed by atoms with E-state index in [0.29, 0.717) is 0 Å². The number of aryl methyl sites for hydroxylation is 1. The summed E-state index contributed by atoms with van der Waals surface area (Å²) in [7, 11) is 1.83. The van der Waals surface area contributed by atoms with Gasteiger partial charge in [-0.15, -0.1) is 34.2 Å². The number of nitrogens with one attached hydrogen (secondary N) is 1. The molecule has 0 bridgehead atoms. The van der Waals surface area contributed by atoms with Gasteiger partial charge in [-0.1, -0.05) is 12.1 Å². The summed E-state index contributed by atoms with van der Waals surface area (Å²) in [6, 6.07) is 1.92. The number of rotatable bonds is 6. The van der Waals surface area contributed by atoms with Gasteiger partial charge >= 0.3 is 0 Å². The molecule has 0 aliphatic carbocycles. The Morgan fingerprint density at radius 3 is 2.77 bits per heavy atom. The van der Waals surface area contributed by atoms with Crippen LogP contribution in [-0.4, -0.2) is 75.5 Å². The Bertz CT molecular complexity index is 664. The lowest BCUT2D eigenvalue weighted by atomic mass is 10.3. The quantitative estimate of drug-likeness (QED) is 0.377. The summed E-state index contributed by atoms with van der Waals surface area (Å²) >= 11 is 0. The fourth-order valence-electron chi connectivity index (χ4n) is 3.03. The van der Waals surface area contributed by atoms with Crippen molar-refractivity contribution in [2.75, 3.05) is 39.8 Å². The first kappa shape index (κ1) is 20.6. The maximum Gasteiger partial charge on any atom is 0.193 e. The van der Waals surface area contributed by atoms with E-state index in [1.165, 1.54) is 0 Å². The minimum absolute atomic E-state index is 0. The van der Waals surface area contributed by atoms with Crippen molar-refractivity contribution in [1.29, 1.82) is 0 Å². The number of guanidine groups is 1. The third kappa shape index (κ3) is 5.40. The molecule has 9 nitrogen and oxygen atoms in total. The van der Waals surface area contributed by atoms with Crippen LogP contribution in [0.3, 0.4) is 0 Å². The van der Waals surface area contributed by atoms with Crippen LogP contribution in [0.4, 0.5) is 0 Å². The third-order valence-electron chi connectivity index (χ3n) is 4.41. The molecule has 1 N–H and O–H groups in total. The topological polar surface area (TPSA) is 87.6 Å². The predicted molar refractivity (Wildman–Crippen MR) is 110 cm³/mol. The number of aliphatic imine (C=N–C) groups is 1. The highest BCUT2D eigenvalue weighted by molar-refractivity contribution is 14.0. The van der Waals surface area contributed by atoms with E-state index in [-0.39, 0.29) is 24.0 Å². The summed E-state index contributed by atoms with van der Waals surface area (Å²) in [4.78, 5) is 9.10. The molecule has 144 valence electrons. The SMILES string of the molecule is CCc1nncn1CCNC(=NC)N1CCN(Cc2ccon2)CC1.I. The van der Waals surface area contributed by atoms with Gasteiger partial charge in [0.15, 0.2) is 5.96 Å². The Morgan fingerprint density at radius 2 is 2.12 bits per heavy atom. The van der Waals surface area contributed by atoms with E-state index in [9.17, 15) is 0 Å². The number of hydrogen-bond donors (Lipinski definition) is 1. The van der Waals surface area contributed by atoms with Gasteiger partial charge in [-0.05, 0) is 0 Å². The van der Waals surface area contributed by atoms with E-state index >= 15 is 0 Å². The Hall–Kier alpha value is -1.69. The van der Waals surface area contributed by atoms with Crippen LogP contribution in [0, 0.1) is 0 Å². The van der Waals surface area contributed by atoms with Gasteiger partial charge in [0.05, 0.1) is 5.69 Å². The van der Waals surface area contributed by atoms with Crippen molar-refractivity contribution < 1.29 is 4.52 Å². The van der Waals surface area contributed by atoms with Crippen LogP contribution < -0.4 is 5.32 Å². The van der Waals surface area contributed by atoms with Gasteiger partial charge in [0, 0.05) is 65.3 Å². The number of nitrogens with zero attached hydrogens (tertiary/aromatic N) is 7. The van der Waals surface area contributed by atoms with Gasteiger partial charge in [-0.25, -0.2) is 0 Å². The fourth-order valence-corrected chi connectivity index (χ4v) is 3.03. The molecule has 1 saturated heterocycles. The van der Waals surface area contributed by atoms with Gasteiger partial charge in [0.2, 0.25) is 0 Å². The number of aromatic nitrogens is 4. The Balaban J connectivity index is 0.00000243. The summed E-state index contributed by atoms with van der Waals surface area (Å²) in [5.74, 6) is 1.96. The molecule has 0 saturated carbocycles. The Labute approximate surface area is 170 Å². The van der Waals surface area contributed by atoms with E-state index in [1.54, 1.807) is 12.6 Å². The van der Waals surface area contributed by atoms with E-state index in [4.69, 9.17) is 4.52 Å². The molecule has 2 aromatic rings. The zero-order chi connectivity index (χ0) is 17.5. The average Bonchev–Trinajstić information content (AvgIpc) is 3.31. The van der Waals surface area contributed by atoms with Crippen molar-refractivity contribution >= 4 is 29.9 Å². The Kier molecular flexibility index (Phi) is 8.29.